The smallest absolute Gasteiger partial charge is 0.249 e. The maximum Gasteiger partial charge on any atom is 0.249 e. The number of nitrogens with zero attached hydrogens (tertiary/aromatic N) is 2. The van der Waals surface area contributed by atoms with Crippen molar-refractivity contribution in [3.05, 3.63) is 95.1 Å². The molecule has 0 saturated carbocycles. The molecule has 4 rings (SSSR count). The molecule has 194 valence electrons. The summed E-state index contributed by atoms with van der Waals surface area (Å²) in [4.78, 5) is 28.6. The van der Waals surface area contributed by atoms with Gasteiger partial charge in [-0.2, -0.15) is 0 Å². The molecule has 38 heavy (non-hydrogen) atoms. The standard InChI is InChI=1S/C32H34N4O2/c1-19-17-23(11-15-27(19)35(3)4)29-25(21-7-9-22(10-8-21)31(33)37)13-14-26(32(34)38)30(29)24-12-16-28(36(5)6)20(2)18-24/h7-18H,1-6H3,(H2,33,37)(H2,34,38). The molecule has 0 heterocycles. The summed E-state index contributed by atoms with van der Waals surface area (Å²) in [6.45, 7) is 4.14. The van der Waals surface area contributed by atoms with Crippen molar-refractivity contribution >= 4 is 23.2 Å². The molecular formula is C32H34N4O2. The topological polar surface area (TPSA) is 92.7 Å². The summed E-state index contributed by atoms with van der Waals surface area (Å²) in [5, 5.41) is 0. The van der Waals surface area contributed by atoms with Crippen molar-refractivity contribution < 1.29 is 9.59 Å². The maximum atomic E-state index is 12.8. The van der Waals surface area contributed by atoms with Gasteiger partial charge in [-0.25, -0.2) is 0 Å². The molecule has 4 N–H and O–H groups in total. The van der Waals surface area contributed by atoms with Gasteiger partial charge in [0.2, 0.25) is 11.8 Å². The van der Waals surface area contributed by atoms with Crippen LogP contribution >= 0.6 is 0 Å². The molecule has 4 aromatic rings. The Morgan fingerprint density at radius 3 is 1.47 bits per heavy atom. The highest BCUT2D eigenvalue weighted by Gasteiger charge is 2.22. The van der Waals surface area contributed by atoms with E-state index in [4.69, 9.17) is 11.5 Å². The molecule has 0 aromatic heterocycles. The second-order valence-electron chi connectivity index (χ2n) is 10.0. The van der Waals surface area contributed by atoms with E-state index in [0.717, 1.165) is 55.9 Å². The van der Waals surface area contributed by atoms with Crippen LogP contribution in [0.1, 0.15) is 31.8 Å². The number of nitrogens with two attached hydrogens (primary N) is 2. The first-order valence-corrected chi connectivity index (χ1v) is 12.4. The van der Waals surface area contributed by atoms with E-state index in [-0.39, 0.29) is 0 Å². The van der Waals surface area contributed by atoms with Crippen LogP contribution in [0.3, 0.4) is 0 Å². The lowest BCUT2D eigenvalue weighted by Crippen LogP contribution is -2.14. The third-order valence-corrected chi connectivity index (χ3v) is 6.89. The molecule has 0 unspecified atom stereocenters. The van der Waals surface area contributed by atoms with Gasteiger partial charge in [0.1, 0.15) is 0 Å². The van der Waals surface area contributed by atoms with Gasteiger partial charge >= 0.3 is 0 Å². The summed E-state index contributed by atoms with van der Waals surface area (Å²) in [7, 11) is 8.05. The van der Waals surface area contributed by atoms with Gasteiger partial charge in [0.15, 0.2) is 0 Å². The molecule has 0 fully saturated rings. The van der Waals surface area contributed by atoms with E-state index in [0.29, 0.717) is 11.1 Å². The van der Waals surface area contributed by atoms with Gasteiger partial charge in [-0.15, -0.1) is 0 Å². The number of amides is 2. The Labute approximate surface area is 224 Å². The van der Waals surface area contributed by atoms with Crippen LogP contribution in [0.2, 0.25) is 0 Å². The second-order valence-corrected chi connectivity index (χ2v) is 10.0. The summed E-state index contributed by atoms with van der Waals surface area (Å²) in [6, 6.07) is 23.4. The summed E-state index contributed by atoms with van der Waals surface area (Å²) >= 11 is 0. The zero-order valence-corrected chi connectivity index (χ0v) is 22.8. The molecule has 6 nitrogen and oxygen atoms in total. The zero-order chi connectivity index (χ0) is 27.7. The summed E-state index contributed by atoms with van der Waals surface area (Å²) < 4.78 is 0. The fourth-order valence-corrected chi connectivity index (χ4v) is 5.09. The van der Waals surface area contributed by atoms with E-state index >= 15 is 0 Å². The molecule has 0 atom stereocenters. The second kappa shape index (κ2) is 10.4. The van der Waals surface area contributed by atoms with Crippen LogP contribution in [-0.2, 0) is 0 Å². The lowest BCUT2D eigenvalue weighted by molar-refractivity contribution is 0.0992. The number of hydrogen-bond donors (Lipinski definition) is 2. The first-order chi connectivity index (χ1) is 18.0. The number of carbonyl (C=O) groups is 2. The SMILES string of the molecule is Cc1cc(-c2c(C(N)=O)ccc(-c3ccc(C(N)=O)cc3)c2-c2ccc(N(C)C)c(C)c2)ccc1N(C)C. The van der Waals surface area contributed by atoms with Gasteiger partial charge in [0.05, 0.1) is 0 Å². The fourth-order valence-electron chi connectivity index (χ4n) is 5.09. The van der Waals surface area contributed by atoms with Crippen LogP contribution in [0.5, 0.6) is 0 Å². The Hall–Kier alpha value is -4.58. The number of rotatable bonds is 7. The van der Waals surface area contributed by atoms with Gasteiger partial charge in [-0.1, -0.05) is 30.3 Å². The molecule has 0 aliphatic rings. The normalized spacial score (nSPS) is 10.8. The molecule has 0 saturated heterocycles. The minimum atomic E-state index is -0.493. The summed E-state index contributed by atoms with van der Waals surface area (Å²) in [6.07, 6.45) is 0. The van der Waals surface area contributed by atoms with Crippen LogP contribution in [-0.4, -0.2) is 40.0 Å². The predicted molar refractivity (Wildman–Crippen MR) is 158 cm³/mol. The molecule has 0 spiro atoms. The van der Waals surface area contributed by atoms with E-state index < -0.39 is 11.8 Å². The molecule has 4 aromatic carbocycles. The van der Waals surface area contributed by atoms with Crippen LogP contribution < -0.4 is 21.3 Å². The van der Waals surface area contributed by atoms with Crippen molar-refractivity contribution in [1.29, 1.82) is 0 Å². The van der Waals surface area contributed by atoms with Crippen molar-refractivity contribution in [2.75, 3.05) is 38.0 Å². The first kappa shape index (κ1) is 26.5. The molecule has 0 radical (unpaired) electrons. The van der Waals surface area contributed by atoms with Gasteiger partial charge in [-0.3, -0.25) is 9.59 Å². The van der Waals surface area contributed by atoms with Gasteiger partial charge in [0.25, 0.3) is 0 Å². The van der Waals surface area contributed by atoms with Crippen molar-refractivity contribution in [3.8, 4) is 33.4 Å². The van der Waals surface area contributed by atoms with Crippen molar-refractivity contribution in [1.82, 2.24) is 0 Å². The highest BCUT2D eigenvalue weighted by Crippen LogP contribution is 2.44. The highest BCUT2D eigenvalue weighted by molar-refractivity contribution is 6.08. The Morgan fingerprint density at radius 2 is 1.05 bits per heavy atom. The Kier molecular flexibility index (Phi) is 7.26. The number of hydrogen-bond acceptors (Lipinski definition) is 4. The Morgan fingerprint density at radius 1 is 0.579 bits per heavy atom. The minimum absolute atomic E-state index is 0.436. The predicted octanol–water partition coefficient (Wildman–Crippen LogP) is 5.63. The van der Waals surface area contributed by atoms with Crippen LogP contribution in [0.15, 0.2) is 72.8 Å². The molecule has 2 amide bonds. The third kappa shape index (κ3) is 4.98. The quantitative estimate of drug-likeness (QED) is 0.340. The average Bonchev–Trinajstić information content (AvgIpc) is 2.87. The van der Waals surface area contributed by atoms with Gasteiger partial charge < -0.3 is 21.3 Å². The van der Waals surface area contributed by atoms with E-state index in [1.165, 1.54) is 0 Å². The lowest BCUT2D eigenvalue weighted by Gasteiger charge is -2.22. The van der Waals surface area contributed by atoms with E-state index in [9.17, 15) is 9.59 Å². The van der Waals surface area contributed by atoms with E-state index in [1.807, 2.05) is 52.5 Å². The van der Waals surface area contributed by atoms with Gasteiger partial charge in [-0.05, 0) is 95.3 Å². The van der Waals surface area contributed by atoms with Crippen molar-refractivity contribution in [2.45, 2.75) is 13.8 Å². The van der Waals surface area contributed by atoms with Crippen molar-refractivity contribution in [2.24, 2.45) is 11.5 Å². The molecular weight excluding hydrogens is 472 g/mol. The van der Waals surface area contributed by atoms with E-state index in [2.05, 4.69) is 54.0 Å². The monoisotopic (exact) mass is 506 g/mol. The minimum Gasteiger partial charge on any atom is -0.377 e. The lowest BCUT2D eigenvalue weighted by atomic mass is 9.83. The van der Waals surface area contributed by atoms with Crippen LogP contribution in [0.25, 0.3) is 33.4 Å². The maximum absolute atomic E-state index is 12.8. The van der Waals surface area contributed by atoms with Crippen LogP contribution in [0.4, 0.5) is 11.4 Å². The summed E-state index contributed by atoms with van der Waals surface area (Å²) in [5.41, 5.74) is 22.1. The number of carbonyl (C=O) groups excluding carboxylic acids is 2. The molecule has 0 aliphatic carbocycles. The molecule has 0 aliphatic heterocycles. The number of anilines is 2. The third-order valence-electron chi connectivity index (χ3n) is 6.89. The Bertz CT molecular complexity index is 1540. The average molecular weight is 507 g/mol. The first-order valence-electron chi connectivity index (χ1n) is 12.4. The number of primary amides is 2. The van der Waals surface area contributed by atoms with Crippen LogP contribution in [0, 0.1) is 13.8 Å². The van der Waals surface area contributed by atoms with Crippen molar-refractivity contribution in [3.63, 3.8) is 0 Å². The molecule has 0 bridgehead atoms. The largest absolute Gasteiger partial charge is 0.377 e. The highest BCUT2D eigenvalue weighted by atomic mass is 16.1. The fraction of sp³-hybridized carbons (Fsp3) is 0.188. The zero-order valence-electron chi connectivity index (χ0n) is 22.8. The summed E-state index contributed by atoms with van der Waals surface area (Å²) in [5.74, 6) is -0.972. The van der Waals surface area contributed by atoms with E-state index in [1.54, 1.807) is 18.2 Å². The van der Waals surface area contributed by atoms with Gasteiger partial charge in [0, 0.05) is 56.3 Å². The number of benzene rings is 4. The number of aryl methyl sites for hydroxylation is 2. The Balaban J connectivity index is 2.10. The molecule has 6 heteroatoms.